The van der Waals surface area contributed by atoms with Gasteiger partial charge in [0.15, 0.2) is 11.3 Å². The second kappa shape index (κ2) is 8.19. The maximum Gasteiger partial charge on any atom is 0.287 e. The number of rotatable bonds is 7. The number of nitrogens with zero attached hydrogens (tertiary/aromatic N) is 1. The van der Waals surface area contributed by atoms with Gasteiger partial charge in [0.05, 0.1) is 31.9 Å². The number of thioether (sulfide) groups is 1. The molecule has 0 spiro atoms. The molecule has 3 heterocycles. The fourth-order valence-corrected chi connectivity index (χ4v) is 4.09. The zero-order valence-electron chi connectivity index (χ0n) is 15.4. The lowest BCUT2D eigenvalue weighted by Crippen LogP contribution is -3.10. The molecule has 1 fully saturated rings. The molecule has 0 radical (unpaired) electrons. The van der Waals surface area contributed by atoms with Crippen LogP contribution >= 0.6 is 11.8 Å². The summed E-state index contributed by atoms with van der Waals surface area (Å²) in [5.74, 6) is 1.50. The summed E-state index contributed by atoms with van der Waals surface area (Å²) in [6.07, 6.45) is 2.59. The van der Waals surface area contributed by atoms with E-state index in [-0.39, 0.29) is 5.91 Å². The highest BCUT2D eigenvalue weighted by Gasteiger charge is 2.16. The topological polar surface area (TPSA) is 72.7 Å². The van der Waals surface area contributed by atoms with E-state index in [1.165, 1.54) is 37.7 Å². The lowest BCUT2D eigenvalue weighted by Gasteiger charge is -2.11. The SMILES string of the molecule is Cc1ccc2oc(SCc3ccc(C(=O)NCC[NH+]4CCCC4)o3)nc2c1. The Bertz CT molecular complexity index is 928. The van der Waals surface area contributed by atoms with Crippen LogP contribution in [0.1, 0.15) is 34.7 Å². The van der Waals surface area contributed by atoms with Gasteiger partial charge in [-0.15, -0.1) is 0 Å². The van der Waals surface area contributed by atoms with Crippen LogP contribution < -0.4 is 10.2 Å². The molecule has 0 aliphatic carbocycles. The number of furan rings is 1. The molecule has 0 unspecified atom stereocenters. The minimum absolute atomic E-state index is 0.151. The molecule has 0 atom stereocenters. The van der Waals surface area contributed by atoms with Gasteiger partial charge in [0.2, 0.25) is 0 Å². The molecule has 1 aliphatic heterocycles. The molecule has 4 rings (SSSR count). The predicted octanol–water partition coefficient (Wildman–Crippen LogP) is 2.43. The van der Waals surface area contributed by atoms with Crippen LogP contribution in [-0.4, -0.2) is 37.1 Å². The molecule has 7 heteroatoms. The maximum atomic E-state index is 12.2. The quantitative estimate of drug-likeness (QED) is 0.610. The first-order valence-electron chi connectivity index (χ1n) is 9.38. The summed E-state index contributed by atoms with van der Waals surface area (Å²) in [6, 6.07) is 9.50. The van der Waals surface area contributed by atoms with Crippen molar-refractivity contribution < 1.29 is 18.5 Å². The number of amides is 1. The van der Waals surface area contributed by atoms with Crippen molar-refractivity contribution in [2.75, 3.05) is 26.2 Å². The fraction of sp³-hybridized carbons (Fsp3) is 0.400. The summed E-state index contributed by atoms with van der Waals surface area (Å²) in [5, 5.41) is 3.55. The van der Waals surface area contributed by atoms with Crippen molar-refractivity contribution in [2.24, 2.45) is 0 Å². The van der Waals surface area contributed by atoms with E-state index in [9.17, 15) is 4.79 Å². The third kappa shape index (κ3) is 4.54. The number of benzene rings is 1. The summed E-state index contributed by atoms with van der Waals surface area (Å²) in [5.41, 5.74) is 2.79. The highest BCUT2D eigenvalue weighted by molar-refractivity contribution is 7.98. The van der Waals surface area contributed by atoms with Crippen molar-refractivity contribution >= 4 is 28.8 Å². The Morgan fingerprint density at radius 3 is 2.93 bits per heavy atom. The van der Waals surface area contributed by atoms with E-state index in [4.69, 9.17) is 8.83 Å². The summed E-state index contributed by atoms with van der Waals surface area (Å²) in [7, 11) is 0. The third-order valence-electron chi connectivity index (χ3n) is 4.82. The first kappa shape index (κ1) is 18.1. The van der Waals surface area contributed by atoms with Crippen molar-refractivity contribution in [3.05, 3.63) is 47.4 Å². The van der Waals surface area contributed by atoms with Gasteiger partial charge in [-0.2, -0.15) is 0 Å². The van der Waals surface area contributed by atoms with Crippen LogP contribution in [0.4, 0.5) is 0 Å². The maximum absolute atomic E-state index is 12.2. The number of oxazole rings is 1. The van der Waals surface area contributed by atoms with Crippen LogP contribution in [0.5, 0.6) is 0 Å². The monoisotopic (exact) mass is 386 g/mol. The van der Waals surface area contributed by atoms with E-state index in [1.807, 2.05) is 31.2 Å². The Morgan fingerprint density at radius 2 is 2.07 bits per heavy atom. The second-order valence-corrected chi connectivity index (χ2v) is 7.90. The zero-order valence-corrected chi connectivity index (χ0v) is 16.2. The van der Waals surface area contributed by atoms with Gasteiger partial charge >= 0.3 is 0 Å². The van der Waals surface area contributed by atoms with Crippen molar-refractivity contribution in [3.8, 4) is 0 Å². The molecule has 27 heavy (non-hydrogen) atoms. The average Bonchev–Trinajstić information content (AvgIpc) is 3.40. The second-order valence-electron chi connectivity index (χ2n) is 6.97. The first-order valence-corrected chi connectivity index (χ1v) is 10.4. The zero-order chi connectivity index (χ0) is 18.6. The van der Waals surface area contributed by atoms with Gasteiger partial charge in [-0.3, -0.25) is 4.79 Å². The summed E-state index contributed by atoms with van der Waals surface area (Å²) < 4.78 is 11.4. The molecule has 3 aromatic rings. The van der Waals surface area contributed by atoms with Gasteiger partial charge in [0.1, 0.15) is 11.3 Å². The highest BCUT2D eigenvalue weighted by atomic mass is 32.2. The molecule has 0 bridgehead atoms. The minimum atomic E-state index is -0.151. The molecular formula is C20H24N3O3S+. The highest BCUT2D eigenvalue weighted by Crippen LogP contribution is 2.27. The third-order valence-corrected chi connectivity index (χ3v) is 5.67. The number of carbonyl (C=O) groups is 1. The number of quaternary nitrogens is 1. The Balaban J connectivity index is 1.28. The van der Waals surface area contributed by atoms with E-state index < -0.39 is 0 Å². The number of aryl methyl sites for hydroxylation is 1. The Morgan fingerprint density at radius 1 is 1.22 bits per heavy atom. The molecule has 1 amide bonds. The van der Waals surface area contributed by atoms with Crippen LogP contribution in [0.15, 0.2) is 44.4 Å². The molecule has 2 N–H and O–H groups in total. The molecule has 142 valence electrons. The van der Waals surface area contributed by atoms with Gasteiger partial charge in [-0.1, -0.05) is 17.8 Å². The standard InChI is InChI=1S/C20H23N3O3S/c1-14-4-6-17-16(12-14)22-20(26-17)27-13-15-5-7-18(25-15)19(24)21-8-11-23-9-2-3-10-23/h4-7,12H,2-3,8-11,13H2,1H3,(H,21,24)/p+1. The van der Waals surface area contributed by atoms with Crippen LogP contribution in [0.25, 0.3) is 11.1 Å². The fourth-order valence-electron chi connectivity index (χ4n) is 3.35. The van der Waals surface area contributed by atoms with Gasteiger partial charge in [0, 0.05) is 12.8 Å². The number of hydrogen-bond acceptors (Lipinski definition) is 5. The largest absolute Gasteiger partial charge is 0.455 e. The van der Waals surface area contributed by atoms with Crippen LogP contribution in [-0.2, 0) is 5.75 Å². The van der Waals surface area contributed by atoms with Crippen molar-refractivity contribution in [2.45, 2.75) is 30.7 Å². The first-order chi connectivity index (χ1) is 13.2. The van der Waals surface area contributed by atoms with Crippen LogP contribution in [0, 0.1) is 6.92 Å². The number of nitrogens with one attached hydrogen (secondary N) is 2. The van der Waals surface area contributed by atoms with E-state index >= 15 is 0 Å². The molecule has 6 nitrogen and oxygen atoms in total. The van der Waals surface area contributed by atoms with Gasteiger partial charge in [-0.25, -0.2) is 4.98 Å². The molecule has 1 aliphatic rings. The number of aromatic nitrogens is 1. The number of fused-ring (bicyclic) bond motifs is 1. The van der Waals surface area contributed by atoms with Crippen LogP contribution in [0.2, 0.25) is 0 Å². The summed E-state index contributed by atoms with van der Waals surface area (Å²) >= 11 is 1.46. The number of carbonyl (C=O) groups excluding carboxylic acids is 1. The van der Waals surface area contributed by atoms with E-state index in [0.717, 1.165) is 29.0 Å². The van der Waals surface area contributed by atoms with Gasteiger partial charge in [0.25, 0.3) is 11.1 Å². The summed E-state index contributed by atoms with van der Waals surface area (Å²) in [6.45, 7) is 6.12. The van der Waals surface area contributed by atoms with Gasteiger partial charge in [-0.05, 0) is 36.8 Å². The van der Waals surface area contributed by atoms with E-state index in [0.29, 0.717) is 23.3 Å². The molecular weight excluding hydrogens is 362 g/mol. The Hall–Kier alpha value is -2.25. The number of likely N-dealkylation sites (tertiary alicyclic amines) is 1. The van der Waals surface area contributed by atoms with Crippen molar-refractivity contribution in [3.63, 3.8) is 0 Å². The smallest absolute Gasteiger partial charge is 0.287 e. The van der Waals surface area contributed by atoms with Crippen LogP contribution in [0.3, 0.4) is 0 Å². The van der Waals surface area contributed by atoms with E-state index in [1.54, 1.807) is 11.0 Å². The Labute approximate surface area is 162 Å². The molecule has 0 saturated carbocycles. The lowest BCUT2D eigenvalue weighted by molar-refractivity contribution is -0.886. The van der Waals surface area contributed by atoms with Crippen molar-refractivity contribution in [1.29, 1.82) is 0 Å². The lowest BCUT2D eigenvalue weighted by atomic mass is 10.2. The molecule has 1 aromatic carbocycles. The Kier molecular flexibility index (Phi) is 5.50. The van der Waals surface area contributed by atoms with Crippen molar-refractivity contribution in [1.82, 2.24) is 10.3 Å². The van der Waals surface area contributed by atoms with E-state index in [2.05, 4.69) is 10.3 Å². The minimum Gasteiger partial charge on any atom is -0.455 e. The molecule has 1 saturated heterocycles. The normalized spacial score (nSPS) is 14.9. The average molecular weight is 386 g/mol. The predicted molar refractivity (Wildman–Crippen MR) is 104 cm³/mol. The molecule has 2 aromatic heterocycles. The summed E-state index contributed by atoms with van der Waals surface area (Å²) in [4.78, 5) is 18.3. The van der Waals surface area contributed by atoms with Gasteiger partial charge < -0.3 is 19.1 Å². The number of hydrogen-bond donors (Lipinski definition) is 2.